The SMILES string of the molecule is C[C@]12C[C@H](NC(=O)N1c1cccc(C(=O)NCc3ccccc3)c1)c1ccccc1O2. The summed E-state index contributed by atoms with van der Waals surface area (Å²) in [6.07, 6.45) is 0.611. The minimum absolute atomic E-state index is 0.101. The van der Waals surface area contributed by atoms with Crippen LogP contribution in [-0.4, -0.2) is 17.7 Å². The molecule has 2 aliphatic rings. The smallest absolute Gasteiger partial charge is 0.325 e. The topological polar surface area (TPSA) is 70.7 Å². The van der Waals surface area contributed by atoms with Gasteiger partial charge in [0.1, 0.15) is 5.75 Å². The molecule has 156 valence electrons. The van der Waals surface area contributed by atoms with Crippen LogP contribution in [0, 0.1) is 0 Å². The maximum Gasteiger partial charge on any atom is 0.325 e. The van der Waals surface area contributed by atoms with Gasteiger partial charge in [-0.1, -0.05) is 54.6 Å². The molecule has 1 saturated heterocycles. The maximum atomic E-state index is 13.0. The van der Waals surface area contributed by atoms with Crippen LogP contribution in [0.25, 0.3) is 0 Å². The number of hydrogen-bond donors (Lipinski definition) is 2. The van der Waals surface area contributed by atoms with E-state index in [-0.39, 0.29) is 18.0 Å². The van der Waals surface area contributed by atoms with Crippen LogP contribution in [0.4, 0.5) is 10.5 Å². The van der Waals surface area contributed by atoms with Crippen LogP contribution >= 0.6 is 0 Å². The minimum atomic E-state index is -0.847. The Balaban J connectivity index is 1.40. The molecular formula is C25H23N3O3. The van der Waals surface area contributed by atoms with E-state index in [9.17, 15) is 9.59 Å². The lowest BCUT2D eigenvalue weighted by Gasteiger charge is -2.50. The molecular weight excluding hydrogens is 390 g/mol. The summed E-state index contributed by atoms with van der Waals surface area (Å²) in [4.78, 5) is 27.4. The quantitative estimate of drug-likeness (QED) is 0.667. The molecule has 6 nitrogen and oxygen atoms in total. The van der Waals surface area contributed by atoms with E-state index >= 15 is 0 Å². The van der Waals surface area contributed by atoms with Crippen molar-refractivity contribution < 1.29 is 14.3 Å². The van der Waals surface area contributed by atoms with Gasteiger partial charge in [-0.25, -0.2) is 4.79 Å². The molecule has 0 radical (unpaired) electrons. The number of nitrogens with zero attached hydrogens (tertiary/aromatic N) is 1. The average molecular weight is 413 g/mol. The van der Waals surface area contributed by atoms with Crippen LogP contribution < -0.4 is 20.3 Å². The predicted molar refractivity (Wildman–Crippen MR) is 118 cm³/mol. The number of carbonyl (C=O) groups is 2. The lowest BCUT2D eigenvalue weighted by molar-refractivity contribution is 0.0378. The van der Waals surface area contributed by atoms with Crippen LogP contribution in [0.3, 0.4) is 0 Å². The summed E-state index contributed by atoms with van der Waals surface area (Å²) in [5, 5.41) is 6.01. The van der Waals surface area contributed by atoms with Crippen molar-refractivity contribution in [1.29, 1.82) is 0 Å². The highest BCUT2D eigenvalue weighted by Crippen LogP contribution is 2.45. The van der Waals surface area contributed by atoms with E-state index < -0.39 is 5.72 Å². The zero-order valence-electron chi connectivity index (χ0n) is 17.2. The highest BCUT2D eigenvalue weighted by Gasteiger charge is 2.49. The van der Waals surface area contributed by atoms with Crippen LogP contribution in [-0.2, 0) is 6.54 Å². The number of rotatable bonds is 4. The Morgan fingerprint density at radius 2 is 1.87 bits per heavy atom. The van der Waals surface area contributed by atoms with E-state index in [2.05, 4.69) is 10.6 Å². The van der Waals surface area contributed by atoms with E-state index in [4.69, 9.17) is 4.74 Å². The average Bonchev–Trinajstić information content (AvgIpc) is 2.78. The van der Waals surface area contributed by atoms with E-state index in [0.29, 0.717) is 24.2 Å². The summed E-state index contributed by atoms with van der Waals surface area (Å²) in [5.41, 5.74) is 2.27. The van der Waals surface area contributed by atoms with Gasteiger partial charge in [0, 0.05) is 24.1 Å². The fourth-order valence-electron chi connectivity index (χ4n) is 4.38. The van der Waals surface area contributed by atoms with Crippen molar-refractivity contribution in [3.8, 4) is 5.75 Å². The number of para-hydroxylation sites is 1. The Bertz CT molecular complexity index is 1150. The Morgan fingerprint density at radius 3 is 2.71 bits per heavy atom. The van der Waals surface area contributed by atoms with Crippen molar-refractivity contribution in [2.45, 2.75) is 31.7 Å². The number of carbonyl (C=O) groups excluding carboxylic acids is 2. The van der Waals surface area contributed by atoms with Gasteiger partial charge in [-0.05, 0) is 36.8 Å². The first-order chi connectivity index (χ1) is 15.0. The summed E-state index contributed by atoms with van der Waals surface area (Å²) in [6.45, 7) is 2.35. The second-order valence-electron chi connectivity index (χ2n) is 8.08. The number of nitrogens with one attached hydrogen (secondary N) is 2. The number of fused-ring (bicyclic) bond motifs is 4. The molecule has 2 bridgehead atoms. The molecule has 0 spiro atoms. The first-order valence-electron chi connectivity index (χ1n) is 10.3. The van der Waals surface area contributed by atoms with Crippen molar-refractivity contribution in [2.24, 2.45) is 0 Å². The molecule has 2 aliphatic heterocycles. The van der Waals surface area contributed by atoms with Crippen LogP contribution in [0.5, 0.6) is 5.75 Å². The normalized spacial score (nSPS) is 21.5. The molecule has 0 aromatic heterocycles. The largest absolute Gasteiger partial charge is 0.467 e. The molecule has 3 amide bonds. The number of amides is 3. The number of urea groups is 1. The first-order valence-corrected chi connectivity index (χ1v) is 10.3. The third-order valence-electron chi connectivity index (χ3n) is 5.84. The van der Waals surface area contributed by atoms with Gasteiger partial charge in [-0.2, -0.15) is 0 Å². The van der Waals surface area contributed by atoms with Crippen molar-refractivity contribution in [1.82, 2.24) is 10.6 Å². The van der Waals surface area contributed by atoms with Crippen LogP contribution in [0.15, 0.2) is 78.9 Å². The first kappa shape index (κ1) is 19.2. The summed E-state index contributed by atoms with van der Waals surface area (Å²) < 4.78 is 6.30. The molecule has 5 rings (SSSR count). The minimum Gasteiger partial charge on any atom is -0.467 e. The van der Waals surface area contributed by atoms with Gasteiger partial charge in [-0.15, -0.1) is 0 Å². The molecule has 6 heteroatoms. The molecule has 1 fully saturated rings. The molecule has 3 aromatic carbocycles. The fourth-order valence-corrected chi connectivity index (χ4v) is 4.38. The molecule has 2 atom stereocenters. The van der Waals surface area contributed by atoms with Crippen molar-refractivity contribution in [2.75, 3.05) is 4.90 Å². The van der Waals surface area contributed by atoms with Crippen molar-refractivity contribution in [3.05, 3.63) is 95.6 Å². The summed E-state index contributed by atoms with van der Waals surface area (Å²) >= 11 is 0. The third kappa shape index (κ3) is 3.50. The summed E-state index contributed by atoms with van der Waals surface area (Å²) in [5.74, 6) is 0.573. The lowest BCUT2D eigenvalue weighted by Crippen LogP contribution is -2.65. The number of anilines is 1. The molecule has 0 aliphatic carbocycles. The second-order valence-corrected chi connectivity index (χ2v) is 8.08. The molecule has 0 saturated carbocycles. The molecule has 0 unspecified atom stereocenters. The molecule has 3 aromatic rings. The van der Waals surface area contributed by atoms with Crippen molar-refractivity contribution in [3.63, 3.8) is 0 Å². The lowest BCUT2D eigenvalue weighted by atomic mass is 9.90. The fraction of sp³-hybridized carbons (Fsp3) is 0.200. The molecule has 2 heterocycles. The van der Waals surface area contributed by atoms with Crippen LogP contribution in [0.2, 0.25) is 0 Å². The van der Waals surface area contributed by atoms with Gasteiger partial charge in [0.15, 0.2) is 5.72 Å². The van der Waals surface area contributed by atoms with Gasteiger partial charge in [0.05, 0.1) is 11.7 Å². The summed E-state index contributed by atoms with van der Waals surface area (Å²) in [6, 6.07) is 24.2. The summed E-state index contributed by atoms with van der Waals surface area (Å²) in [7, 11) is 0. The molecule has 31 heavy (non-hydrogen) atoms. The maximum absolute atomic E-state index is 13.0. The third-order valence-corrected chi connectivity index (χ3v) is 5.84. The highest BCUT2D eigenvalue weighted by molar-refractivity contribution is 5.99. The van der Waals surface area contributed by atoms with E-state index in [1.54, 1.807) is 23.1 Å². The van der Waals surface area contributed by atoms with E-state index in [0.717, 1.165) is 16.9 Å². The number of ether oxygens (including phenoxy) is 1. The Morgan fingerprint density at radius 1 is 1.10 bits per heavy atom. The Kier molecular flexibility index (Phi) is 4.62. The number of benzene rings is 3. The predicted octanol–water partition coefficient (Wildman–Crippen LogP) is 4.39. The van der Waals surface area contributed by atoms with Crippen LogP contribution in [0.1, 0.15) is 40.9 Å². The zero-order valence-corrected chi connectivity index (χ0v) is 17.2. The van der Waals surface area contributed by atoms with Crippen molar-refractivity contribution >= 4 is 17.6 Å². The molecule has 2 N–H and O–H groups in total. The number of hydrogen-bond acceptors (Lipinski definition) is 3. The van der Waals surface area contributed by atoms with Gasteiger partial charge >= 0.3 is 6.03 Å². The van der Waals surface area contributed by atoms with Gasteiger partial charge < -0.3 is 15.4 Å². The second kappa shape index (κ2) is 7.47. The van der Waals surface area contributed by atoms with Gasteiger partial charge in [-0.3, -0.25) is 9.69 Å². The Hall–Kier alpha value is -3.80. The standard InChI is InChI=1S/C25H23N3O3/c1-25-15-21(20-12-5-6-13-22(20)31-25)27-24(30)28(25)19-11-7-10-18(14-19)23(29)26-16-17-8-3-2-4-9-17/h2-14,21H,15-16H2,1H3,(H,26,29)(H,27,30)/t21-,25-/m0/s1. The van der Waals surface area contributed by atoms with Gasteiger partial charge in [0.2, 0.25) is 0 Å². The van der Waals surface area contributed by atoms with Gasteiger partial charge in [0.25, 0.3) is 5.91 Å². The zero-order chi connectivity index (χ0) is 21.4. The highest BCUT2D eigenvalue weighted by atomic mass is 16.5. The van der Waals surface area contributed by atoms with E-state index in [1.165, 1.54) is 0 Å². The van der Waals surface area contributed by atoms with E-state index in [1.807, 2.05) is 67.6 Å². The monoisotopic (exact) mass is 413 g/mol. The Labute approximate surface area is 180 Å².